The van der Waals surface area contributed by atoms with E-state index in [1.807, 2.05) is 60.4 Å². The van der Waals surface area contributed by atoms with Gasteiger partial charge in [0, 0.05) is 17.6 Å². The number of nitrogens with one attached hydrogen (secondary N) is 1. The normalized spacial score (nSPS) is 17.0. The number of nitrogens with zero attached hydrogens (tertiary/aromatic N) is 1. The van der Waals surface area contributed by atoms with Gasteiger partial charge in [0.25, 0.3) is 0 Å². The van der Waals surface area contributed by atoms with Crippen molar-refractivity contribution in [3.63, 3.8) is 0 Å². The van der Waals surface area contributed by atoms with Crippen LogP contribution < -0.4 is 10.1 Å². The van der Waals surface area contributed by atoms with E-state index in [1.165, 1.54) is 0 Å². The zero-order chi connectivity index (χ0) is 18.4. The highest BCUT2D eigenvalue weighted by Crippen LogP contribution is 2.24. The maximum absolute atomic E-state index is 12.5. The molecule has 26 heavy (non-hydrogen) atoms. The molecule has 1 unspecified atom stereocenters. The van der Waals surface area contributed by atoms with Crippen LogP contribution in [-0.4, -0.2) is 37.2 Å². The van der Waals surface area contributed by atoms with Crippen molar-refractivity contribution in [2.45, 2.75) is 19.6 Å². The predicted octanol–water partition coefficient (Wildman–Crippen LogP) is 4.13. The summed E-state index contributed by atoms with van der Waals surface area (Å²) in [5, 5.41) is 2.99. The Labute approximate surface area is 162 Å². The molecule has 0 aliphatic carbocycles. The van der Waals surface area contributed by atoms with Gasteiger partial charge in [0.1, 0.15) is 11.9 Å². The third-order valence-electron chi connectivity index (χ3n) is 4.23. The third-order valence-corrected chi connectivity index (χ3v) is 4.72. The molecule has 1 atom stereocenters. The Hall–Kier alpha value is -2.05. The Bertz CT molecular complexity index is 753. The molecule has 0 saturated carbocycles. The number of hydrogen-bond acceptors (Lipinski definition) is 3. The molecule has 1 saturated heterocycles. The zero-order valence-corrected chi connectivity index (χ0v) is 16.4. The van der Waals surface area contributed by atoms with E-state index in [0.717, 1.165) is 21.3 Å². The standard InChI is InChI=1S/C20H23BrN2O3/c1-2-25-18-8-3-5-15(11-18)13-22-20(24)23-9-10-26-19(14-23)16-6-4-7-17(21)12-16/h3-8,11-12,19H,2,9-10,13-14H2,1H3,(H,22,24). The lowest BCUT2D eigenvalue weighted by Gasteiger charge is -2.33. The number of carbonyl (C=O) groups excluding carboxylic acids is 1. The summed E-state index contributed by atoms with van der Waals surface area (Å²) in [6.45, 7) is 4.72. The smallest absolute Gasteiger partial charge is 0.317 e. The minimum Gasteiger partial charge on any atom is -0.494 e. The number of amides is 2. The largest absolute Gasteiger partial charge is 0.494 e. The van der Waals surface area contributed by atoms with Gasteiger partial charge in [0.15, 0.2) is 0 Å². The van der Waals surface area contributed by atoms with Gasteiger partial charge in [-0.15, -0.1) is 0 Å². The molecule has 6 heteroatoms. The van der Waals surface area contributed by atoms with Crippen molar-refractivity contribution >= 4 is 22.0 Å². The summed E-state index contributed by atoms with van der Waals surface area (Å²) in [5.41, 5.74) is 2.09. The minimum absolute atomic E-state index is 0.0740. The van der Waals surface area contributed by atoms with Crippen LogP contribution in [-0.2, 0) is 11.3 Å². The third kappa shape index (κ3) is 4.99. The molecule has 2 amide bonds. The van der Waals surface area contributed by atoms with E-state index in [4.69, 9.17) is 9.47 Å². The number of urea groups is 1. The van der Waals surface area contributed by atoms with Gasteiger partial charge < -0.3 is 19.7 Å². The Balaban J connectivity index is 1.56. The summed E-state index contributed by atoms with van der Waals surface area (Å²) >= 11 is 3.48. The lowest BCUT2D eigenvalue weighted by atomic mass is 10.1. The first-order valence-electron chi connectivity index (χ1n) is 8.77. The molecule has 1 aliphatic heterocycles. The molecule has 1 heterocycles. The van der Waals surface area contributed by atoms with Crippen molar-refractivity contribution in [1.29, 1.82) is 0 Å². The van der Waals surface area contributed by atoms with Crippen LogP contribution in [0.5, 0.6) is 5.75 Å². The molecule has 2 aromatic carbocycles. The highest BCUT2D eigenvalue weighted by molar-refractivity contribution is 9.10. The second-order valence-corrected chi connectivity index (χ2v) is 7.02. The monoisotopic (exact) mass is 418 g/mol. The maximum atomic E-state index is 12.5. The van der Waals surface area contributed by atoms with Gasteiger partial charge in [0.2, 0.25) is 0 Å². The van der Waals surface area contributed by atoms with E-state index < -0.39 is 0 Å². The van der Waals surface area contributed by atoms with Gasteiger partial charge in [-0.3, -0.25) is 0 Å². The van der Waals surface area contributed by atoms with Gasteiger partial charge >= 0.3 is 6.03 Å². The summed E-state index contributed by atoms with van der Waals surface area (Å²) in [6.07, 6.45) is -0.103. The maximum Gasteiger partial charge on any atom is 0.317 e. The molecule has 2 aromatic rings. The number of ether oxygens (including phenoxy) is 2. The van der Waals surface area contributed by atoms with Gasteiger partial charge in [-0.25, -0.2) is 4.79 Å². The SMILES string of the molecule is CCOc1cccc(CNC(=O)N2CCOC(c3cccc(Br)c3)C2)c1. The summed E-state index contributed by atoms with van der Waals surface area (Å²) in [6, 6.07) is 15.7. The second kappa shape index (κ2) is 9.05. The molecule has 0 spiro atoms. The van der Waals surface area contributed by atoms with Crippen LogP contribution >= 0.6 is 15.9 Å². The number of carbonyl (C=O) groups is 1. The van der Waals surface area contributed by atoms with Gasteiger partial charge in [0.05, 0.1) is 19.8 Å². The average Bonchev–Trinajstić information content (AvgIpc) is 2.67. The molecule has 5 nitrogen and oxygen atoms in total. The van der Waals surface area contributed by atoms with E-state index in [0.29, 0.717) is 32.8 Å². The molecule has 1 aliphatic rings. The van der Waals surface area contributed by atoms with Crippen LogP contribution in [0.25, 0.3) is 0 Å². The molecular formula is C20H23BrN2O3. The van der Waals surface area contributed by atoms with Crippen LogP contribution in [0.1, 0.15) is 24.2 Å². The highest BCUT2D eigenvalue weighted by atomic mass is 79.9. The fourth-order valence-electron chi connectivity index (χ4n) is 2.94. The highest BCUT2D eigenvalue weighted by Gasteiger charge is 2.25. The molecule has 0 aromatic heterocycles. The van der Waals surface area contributed by atoms with E-state index in [2.05, 4.69) is 21.2 Å². The van der Waals surface area contributed by atoms with Crippen LogP contribution in [0.2, 0.25) is 0 Å². The number of hydrogen-bond donors (Lipinski definition) is 1. The molecule has 1 fully saturated rings. The molecular weight excluding hydrogens is 396 g/mol. The van der Waals surface area contributed by atoms with Gasteiger partial charge in [-0.05, 0) is 42.3 Å². The second-order valence-electron chi connectivity index (χ2n) is 6.10. The molecule has 0 bridgehead atoms. The Kier molecular flexibility index (Phi) is 6.52. The Morgan fingerprint density at radius 1 is 1.31 bits per heavy atom. The van der Waals surface area contributed by atoms with Crippen molar-refractivity contribution < 1.29 is 14.3 Å². The van der Waals surface area contributed by atoms with E-state index >= 15 is 0 Å². The van der Waals surface area contributed by atoms with E-state index in [1.54, 1.807) is 0 Å². The van der Waals surface area contributed by atoms with Crippen LogP contribution in [0.15, 0.2) is 53.0 Å². The fourth-order valence-corrected chi connectivity index (χ4v) is 3.36. The first kappa shape index (κ1) is 18.7. The summed E-state index contributed by atoms with van der Waals surface area (Å²) in [7, 11) is 0. The first-order chi connectivity index (χ1) is 12.7. The Morgan fingerprint density at radius 2 is 2.15 bits per heavy atom. The van der Waals surface area contributed by atoms with E-state index in [-0.39, 0.29) is 12.1 Å². The first-order valence-corrected chi connectivity index (χ1v) is 9.56. The predicted molar refractivity (Wildman–Crippen MR) is 104 cm³/mol. The lowest BCUT2D eigenvalue weighted by Crippen LogP contribution is -2.46. The van der Waals surface area contributed by atoms with Crippen LogP contribution in [0, 0.1) is 0 Å². The molecule has 3 rings (SSSR count). The van der Waals surface area contributed by atoms with Gasteiger partial charge in [-0.2, -0.15) is 0 Å². The minimum atomic E-state index is -0.103. The summed E-state index contributed by atoms with van der Waals surface area (Å²) < 4.78 is 12.4. The van der Waals surface area contributed by atoms with Crippen molar-refractivity contribution in [3.05, 3.63) is 64.1 Å². The number of rotatable bonds is 5. The fraction of sp³-hybridized carbons (Fsp3) is 0.350. The van der Waals surface area contributed by atoms with Gasteiger partial charge in [-0.1, -0.05) is 40.2 Å². The van der Waals surface area contributed by atoms with Crippen LogP contribution in [0.3, 0.4) is 0 Å². The van der Waals surface area contributed by atoms with Crippen molar-refractivity contribution in [3.8, 4) is 5.75 Å². The summed E-state index contributed by atoms with van der Waals surface area (Å²) in [5.74, 6) is 0.820. The molecule has 0 radical (unpaired) electrons. The van der Waals surface area contributed by atoms with Crippen LogP contribution in [0.4, 0.5) is 4.79 Å². The van der Waals surface area contributed by atoms with Crippen molar-refractivity contribution in [2.24, 2.45) is 0 Å². The quantitative estimate of drug-likeness (QED) is 0.793. The summed E-state index contributed by atoms with van der Waals surface area (Å²) in [4.78, 5) is 14.4. The Morgan fingerprint density at radius 3 is 2.96 bits per heavy atom. The van der Waals surface area contributed by atoms with Crippen molar-refractivity contribution in [2.75, 3.05) is 26.3 Å². The number of benzene rings is 2. The topological polar surface area (TPSA) is 50.8 Å². The number of halogens is 1. The molecule has 138 valence electrons. The average molecular weight is 419 g/mol. The van der Waals surface area contributed by atoms with Crippen molar-refractivity contribution in [1.82, 2.24) is 10.2 Å². The zero-order valence-electron chi connectivity index (χ0n) is 14.8. The van der Waals surface area contributed by atoms with E-state index in [9.17, 15) is 4.79 Å². The lowest BCUT2D eigenvalue weighted by molar-refractivity contribution is -0.0155. The number of morpholine rings is 1. The molecule has 1 N–H and O–H groups in total.